The summed E-state index contributed by atoms with van der Waals surface area (Å²) >= 11 is -3.05. The summed E-state index contributed by atoms with van der Waals surface area (Å²) in [4.78, 5) is 0. The molecule has 2 nitrogen and oxygen atoms in total. The van der Waals surface area contributed by atoms with Gasteiger partial charge in [0.1, 0.15) is 0 Å². The molecule has 1 aromatic rings. The third-order valence-corrected chi connectivity index (χ3v) is 2.95. The van der Waals surface area contributed by atoms with Gasteiger partial charge in [0.15, 0.2) is 0 Å². The Bertz CT molecular complexity index is 258. The summed E-state index contributed by atoms with van der Waals surface area (Å²) in [5.74, 6) is 0. The van der Waals surface area contributed by atoms with Gasteiger partial charge in [0.05, 0.1) is 0 Å². The third-order valence-electron chi connectivity index (χ3n) is 1.27. The first-order chi connectivity index (χ1) is 4.70. The van der Waals surface area contributed by atoms with Gasteiger partial charge >= 0.3 is 63.9 Å². The number of rotatable bonds is 1. The zero-order valence-corrected chi connectivity index (χ0v) is 7.76. The fourth-order valence-electron chi connectivity index (χ4n) is 0.778. The molecule has 10 heavy (non-hydrogen) atoms. The van der Waals surface area contributed by atoms with Crippen molar-refractivity contribution in [2.24, 2.45) is 0 Å². The first-order valence-electron chi connectivity index (χ1n) is 3.00. The Morgan fingerprint density at radius 1 is 1.50 bits per heavy atom. The molecular formula is C7H9AsO2. The Balaban J connectivity index is 3.07. The molecule has 0 radical (unpaired) electrons. The van der Waals surface area contributed by atoms with E-state index in [4.69, 9.17) is 4.10 Å². The Kier molecular flexibility index (Phi) is 2.36. The monoisotopic (exact) mass is 200 g/mol. The molecule has 0 fully saturated rings. The first kappa shape index (κ1) is 7.64. The molecular weight excluding hydrogens is 191 g/mol. The van der Waals surface area contributed by atoms with Crippen molar-refractivity contribution in [1.82, 2.24) is 0 Å². The van der Waals surface area contributed by atoms with Crippen LogP contribution >= 0.6 is 0 Å². The molecule has 1 unspecified atom stereocenters. The Hall–Kier alpha value is -0.462. The van der Waals surface area contributed by atoms with Crippen molar-refractivity contribution in [3.63, 3.8) is 0 Å². The van der Waals surface area contributed by atoms with E-state index in [0.717, 1.165) is 5.56 Å². The van der Waals surface area contributed by atoms with Crippen LogP contribution in [0.4, 0.5) is 0 Å². The second kappa shape index (κ2) is 3.09. The Morgan fingerprint density at radius 3 is 2.60 bits per heavy atom. The molecule has 0 amide bonds. The molecule has 0 aromatic heterocycles. The van der Waals surface area contributed by atoms with Crippen LogP contribution in [0.5, 0.6) is 0 Å². The van der Waals surface area contributed by atoms with E-state index in [1.165, 1.54) is 0 Å². The summed E-state index contributed by atoms with van der Waals surface area (Å²) < 4.78 is 20.0. The van der Waals surface area contributed by atoms with Gasteiger partial charge in [-0.1, -0.05) is 0 Å². The SMILES string of the molecule is Cc1cccc([AsH](=O)O)c1. The van der Waals surface area contributed by atoms with Crippen molar-refractivity contribution < 1.29 is 7.84 Å². The van der Waals surface area contributed by atoms with Gasteiger partial charge in [-0.3, -0.25) is 0 Å². The molecule has 1 aromatic carbocycles. The molecule has 0 aliphatic carbocycles. The zero-order valence-electron chi connectivity index (χ0n) is 5.66. The van der Waals surface area contributed by atoms with E-state index in [-0.39, 0.29) is 0 Å². The van der Waals surface area contributed by atoms with Crippen molar-refractivity contribution in [1.29, 1.82) is 0 Å². The standard InChI is InChI=1S/C7H9AsO2/c1-6-3-2-4-7(5-6)8(9)10/h2-5,8H,1H3,(H,9,10). The van der Waals surface area contributed by atoms with E-state index in [2.05, 4.69) is 0 Å². The zero-order chi connectivity index (χ0) is 7.56. The minimum absolute atomic E-state index is 0.597. The van der Waals surface area contributed by atoms with Gasteiger partial charge in [-0.05, 0) is 0 Å². The van der Waals surface area contributed by atoms with Gasteiger partial charge in [0, 0.05) is 0 Å². The van der Waals surface area contributed by atoms with Crippen LogP contribution in [0.1, 0.15) is 5.56 Å². The predicted octanol–water partition coefficient (Wildman–Crippen LogP) is -0.155. The average Bonchev–Trinajstić information content (AvgIpc) is 1.88. The van der Waals surface area contributed by atoms with E-state index >= 15 is 0 Å². The average molecular weight is 200 g/mol. The van der Waals surface area contributed by atoms with Crippen molar-refractivity contribution in [3.05, 3.63) is 29.8 Å². The second-order valence-electron chi connectivity index (χ2n) is 2.17. The molecule has 0 saturated heterocycles. The summed E-state index contributed by atoms with van der Waals surface area (Å²) in [5.41, 5.74) is 1.03. The summed E-state index contributed by atoms with van der Waals surface area (Å²) in [6.45, 7) is 1.91. The van der Waals surface area contributed by atoms with Crippen molar-refractivity contribution in [3.8, 4) is 0 Å². The van der Waals surface area contributed by atoms with Gasteiger partial charge in [-0.25, -0.2) is 0 Å². The normalized spacial score (nSPS) is 13.0. The number of aryl methyl sites for hydroxylation is 1. The molecule has 0 bridgehead atoms. The molecule has 54 valence electrons. The van der Waals surface area contributed by atoms with Crippen LogP contribution in [0.15, 0.2) is 24.3 Å². The van der Waals surface area contributed by atoms with Gasteiger partial charge in [-0.2, -0.15) is 0 Å². The molecule has 0 heterocycles. The molecule has 1 atom stereocenters. The molecule has 0 spiro atoms. The van der Waals surface area contributed by atoms with Crippen LogP contribution in [0.2, 0.25) is 0 Å². The van der Waals surface area contributed by atoms with Crippen molar-refractivity contribution >= 4 is 19.3 Å². The van der Waals surface area contributed by atoms with E-state index in [1.807, 2.05) is 13.0 Å². The fraction of sp³-hybridized carbons (Fsp3) is 0.143. The quantitative estimate of drug-likeness (QED) is 0.640. The van der Waals surface area contributed by atoms with Crippen molar-refractivity contribution in [2.45, 2.75) is 6.92 Å². The number of benzene rings is 1. The summed E-state index contributed by atoms with van der Waals surface area (Å²) in [6, 6.07) is 7.15. The van der Waals surface area contributed by atoms with Gasteiger partial charge in [-0.15, -0.1) is 0 Å². The van der Waals surface area contributed by atoms with Crippen LogP contribution in [0.25, 0.3) is 0 Å². The third kappa shape index (κ3) is 1.76. The van der Waals surface area contributed by atoms with Gasteiger partial charge in [0.2, 0.25) is 0 Å². The fourth-order valence-corrected chi connectivity index (χ4v) is 2.02. The van der Waals surface area contributed by atoms with E-state index in [0.29, 0.717) is 4.35 Å². The summed E-state index contributed by atoms with van der Waals surface area (Å²) in [5, 5.41) is 0. The summed E-state index contributed by atoms with van der Waals surface area (Å²) in [7, 11) is 0. The van der Waals surface area contributed by atoms with Crippen LogP contribution in [0.3, 0.4) is 0 Å². The molecule has 3 heteroatoms. The van der Waals surface area contributed by atoms with E-state index in [9.17, 15) is 3.74 Å². The molecule has 1 N–H and O–H groups in total. The number of hydrogen-bond donors (Lipinski definition) is 1. The molecule has 1 rings (SSSR count). The van der Waals surface area contributed by atoms with E-state index in [1.54, 1.807) is 18.2 Å². The molecule has 0 aliphatic heterocycles. The van der Waals surface area contributed by atoms with Crippen LogP contribution in [-0.4, -0.2) is 19.0 Å². The second-order valence-corrected chi connectivity index (χ2v) is 4.67. The topological polar surface area (TPSA) is 37.3 Å². The molecule has 0 aliphatic rings. The Labute approximate surface area is 64.3 Å². The predicted molar refractivity (Wildman–Crippen MR) is 40.9 cm³/mol. The van der Waals surface area contributed by atoms with Gasteiger partial charge in [0.25, 0.3) is 0 Å². The number of hydrogen-bond acceptors (Lipinski definition) is 1. The Morgan fingerprint density at radius 2 is 2.20 bits per heavy atom. The van der Waals surface area contributed by atoms with Crippen LogP contribution in [0, 0.1) is 6.92 Å². The maximum atomic E-state index is 10.6. The van der Waals surface area contributed by atoms with Gasteiger partial charge < -0.3 is 0 Å². The van der Waals surface area contributed by atoms with E-state index < -0.39 is 14.9 Å². The van der Waals surface area contributed by atoms with Crippen LogP contribution < -0.4 is 4.35 Å². The molecule has 0 saturated carbocycles. The summed E-state index contributed by atoms with van der Waals surface area (Å²) in [6.07, 6.45) is 0. The van der Waals surface area contributed by atoms with Crippen LogP contribution in [-0.2, 0) is 3.74 Å². The first-order valence-corrected chi connectivity index (χ1v) is 5.84. The minimum atomic E-state index is -3.05. The maximum absolute atomic E-state index is 10.6. The van der Waals surface area contributed by atoms with Crippen molar-refractivity contribution in [2.75, 3.05) is 0 Å².